The van der Waals surface area contributed by atoms with Gasteiger partial charge in [0.2, 0.25) is 11.8 Å². The summed E-state index contributed by atoms with van der Waals surface area (Å²) >= 11 is 0. The molecular formula is C20H19N3O8. The second-order valence-corrected chi connectivity index (χ2v) is 7.25. The third-order valence-electron chi connectivity index (χ3n) is 5.19. The van der Waals surface area contributed by atoms with E-state index in [1.807, 2.05) is 0 Å². The third-order valence-corrected chi connectivity index (χ3v) is 5.19. The molecule has 4 amide bonds. The van der Waals surface area contributed by atoms with Crippen LogP contribution in [0.25, 0.3) is 0 Å². The van der Waals surface area contributed by atoms with Crippen LogP contribution in [-0.4, -0.2) is 34.8 Å². The first-order chi connectivity index (χ1) is 14.8. The van der Waals surface area contributed by atoms with Crippen molar-refractivity contribution in [1.29, 1.82) is 0 Å². The van der Waals surface area contributed by atoms with Gasteiger partial charge in [0.15, 0.2) is 18.1 Å². The lowest BCUT2D eigenvalue weighted by Crippen LogP contribution is -2.52. The van der Waals surface area contributed by atoms with Gasteiger partial charge in [0.25, 0.3) is 5.91 Å². The smallest absolute Gasteiger partial charge is 0.441 e. The number of nitrogens with one attached hydrogen (secondary N) is 2. The molecule has 1 aromatic carbocycles. The van der Waals surface area contributed by atoms with Gasteiger partial charge in [0.05, 0.1) is 0 Å². The van der Waals surface area contributed by atoms with Gasteiger partial charge in [-0.2, -0.15) is 0 Å². The van der Waals surface area contributed by atoms with E-state index in [2.05, 4.69) is 15.1 Å². The zero-order valence-electron chi connectivity index (χ0n) is 16.6. The first kappa shape index (κ1) is 20.4. The lowest BCUT2D eigenvalue weighted by Gasteiger charge is -2.29. The van der Waals surface area contributed by atoms with Crippen molar-refractivity contribution in [2.24, 2.45) is 0 Å². The van der Waals surface area contributed by atoms with Gasteiger partial charge in [-0.1, -0.05) is 12.1 Å². The second kappa shape index (κ2) is 8.09. The first-order valence-corrected chi connectivity index (χ1v) is 9.58. The fraction of sp³-hybridized carbons (Fsp3) is 0.350. The summed E-state index contributed by atoms with van der Waals surface area (Å²) in [6, 6.07) is 4.44. The van der Waals surface area contributed by atoms with E-state index in [1.54, 1.807) is 18.2 Å². The number of amides is 4. The molecule has 2 aliphatic rings. The molecule has 1 atom stereocenters. The number of benzene rings is 1. The number of alkyl carbamates (subject to hydrolysis) is 1. The topological polar surface area (TPSA) is 148 Å². The molecule has 1 saturated heterocycles. The van der Waals surface area contributed by atoms with Crippen molar-refractivity contribution in [2.75, 3.05) is 0 Å². The van der Waals surface area contributed by atoms with Gasteiger partial charge in [-0.3, -0.25) is 19.7 Å². The highest BCUT2D eigenvalue weighted by Crippen LogP contribution is 2.28. The number of imide groups is 1. The molecule has 1 aromatic heterocycles. The summed E-state index contributed by atoms with van der Waals surface area (Å²) in [6.07, 6.45) is -0.235. The number of hydrogen-bond donors (Lipinski definition) is 2. The Bertz CT molecular complexity index is 1130. The van der Waals surface area contributed by atoms with Crippen LogP contribution in [0.1, 0.15) is 45.8 Å². The Balaban J connectivity index is 1.34. The fourth-order valence-electron chi connectivity index (χ4n) is 3.60. The van der Waals surface area contributed by atoms with Crippen LogP contribution in [-0.2, 0) is 34.0 Å². The molecule has 2 aliphatic heterocycles. The maximum atomic E-state index is 12.7. The Morgan fingerprint density at radius 1 is 1.26 bits per heavy atom. The lowest BCUT2D eigenvalue weighted by molar-refractivity contribution is -0.136. The van der Waals surface area contributed by atoms with Crippen molar-refractivity contribution in [1.82, 2.24) is 15.5 Å². The Kier molecular flexibility index (Phi) is 5.32. The molecular weight excluding hydrogens is 410 g/mol. The maximum Gasteiger partial charge on any atom is 0.519 e. The summed E-state index contributed by atoms with van der Waals surface area (Å²) in [6.45, 7) is 1.67. The number of ether oxygens (including phenoxy) is 1. The highest BCUT2D eigenvalue weighted by Gasteiger charge is 2.39. The Hall–Kier alpha value is -3.89. The average Bonchev–Trinajstić information content (AvgIpc) is 3.22. The molecule has 11 nitrogen and oxygen atoms in total. The summed E-state index contributed by atoms with van der Waals surface area (Å²) in [5.41, 5.74) is 1.96. The van der Waals surface area contributed by atoms with Gasteiger partial charge in [0.1, 0.15) is 6.04 Å². The molecule has 162 valence electrons. The minimum absolute atomic E-state index is 0.129. The van der Waals surface area contributed by atoms with Crippen LogP contribution < -0.4 is 16.5 Å². The molecule has 2 aromatic rings. The minimum Gasteiger partial charge on any atom is -0.441 e. The monoisotopic (exact) mass is 429 g/mol. The van der Waals surface area contributed by atoms with Crippen molar-refractivity contribution in [3.8, 4) is 0 Å². The molecule has 31 heavy (non-hydrogen) atoms. The van der Waals surface area contributed by atoms with Crippen LogP contribution in [0.3, 0.4) is 0 Å². The number of aryl methyl sites for hydroxylation is 1. The van der Waals surface area contributed by atoms with Crippen LogP contribution in [0.4, 0.5) is 4.79 Å². The van der Waals surface area contributed by atoms with Gasteiger partial charge < -0.3 is 23.8 Å². The van der Waals surface area contributed by atoms with Crippen molar-refractivity contribution >= 4 is 23.8 Å². The van der Waals surface area contributed by atoms with E-state index >= 15 is 0 Å². The highest BCUT2D eigenvalue weighted by atomic mass is 16.6. The number of hydrogen-bond acceptors (Lipinski definition) is 8. The van der Waals surface area contributed by atoms with Crippen LogP contribution in [0.2, 0.25) is 0 Å². The molecule has 2 N–H and O–H groups in total. The lowest BCUT2D eigenvalue weighted by atomic mass is 10.0. The molecule has 0 aliphatic carbocycles. The quantitative estimate of drug-likeness (QED) is 0.661. The first-order valence-electron chi connectivity index (χ1n) is 9.58. The van der Waals surface area contributed by atoms with Crippen molar-refractivity contribution in [3.05, 3.63) is 57.0 Å². The van der Waals surface area contributed by atoms with Gasteiger partial charge in [-0.25, -0.2) is 9.59 Å². The van der Waals surface area contributed by atoms with E-state index in [4.69, 9.17) is 9.15 Å². The van der Waals surface area contributed by atoms with E-state index < -0.39 is 23.9 Å². The predicted molar refractivity (Wildman–Crippen MR) is 101 cm³/mol. The largest absolute Gasteiger partial charge is 0.519 e. The Morgan fingerprint density at radius 2 is 2.06 bits per heavy atom. The number of carbonyl (C=O) groups is 4. The van der Waals surface area contributed by atoms with Crippen molar-refractivity contribution in [3.63, 3.8) is 0 Å². The number of nitrogens with zero attached hydrogens (tertiary/aromatic N) is 1. The predicted octanol–water partition coefficient (Wildman–Crippen LogP) is 0.729. The SMILES string of the molecule is Cc1oc(=O)oc1COC(=O)NCc1ccc2c(c1)CN(C1CCC(=O)NC1=O)C2=O. The van der Waals surface area contributed by atoms with E-state index in [0.29, 0.717) is 12.0 Å². The third kappa shape index (κ3) is 4.20. The van der Waals surface area contributed by atoms with Crippen LogP contribution in [0, 0.1) is 6.92 Å². The van der Waals surface area contributed by atoms with Crippen LogP contribution in [0.5, 0.6) is 0 Å². The standard InChI is InChI=1S/C20H19N3O8/c1-10-15(31-20(28)30-10)9-29-19(27)21-7-11-2-3-13-12(6-11)8-23(18(13)26)14-4-5-16(24)22-17(14)25/h2-3,6,14H,4-5,7-9H2,1H3,(H,21,27)(H,22,24,25). The van der Waals surface area contributed by atoms with Gasteiger partial charge in [-0.05, 0) is 30.5 Å². The van der Waals surface area contributed by atoms with E-state index in [1.165, 1.54) is 11.8 Å². The summed E-state index contributed by atoms with van der Waals surface area (Å²) in [4.78, 5) is 60.5. The molecule has 0 bridgehead atoms. The van der Waals surface area contributed by atoms with Crippen LogP contribution >= 0.6 is 0 Å². The zero-order chi connectivity index (χ0) is 22.1. The van der Waals surface area contributed by atoms with E-state index in [9.17, 15) is 24.0 Å². The number of carbonyl (C=O) groups excluding carboxylic acids is 4. The minimum atomic E-state index is -0.865. The molecule has 0 spiro atoms. The van der Waals surface area contributed by atoms with Gasteiger partial charge >= 0.3 is 11.9 Å². The van der Waals surface area contributed by atoms with Gasteiger partial charge in [0, 0.05) is 25.1 Å². The van der Waals surface area contributed by atoms with E-state index in [-0.39, 0.29) is 49.5 Å². The summed E-state index contributed by atoms with van der Waals surface area (Å²) in [7, 11) is 0. The number of piperidine rings is 1. The highest BCUT2D eigenvalue weighted by molar-refractivity contribution is 6.05. The van der Waals surface area contributed by atoms with Crippen LogP contribution in [0.15, 0.2) is 31.8 Å². The maximum absolute atomic E-state index is 12.7. The number of rotatable bonds is 5. The molecule has 4 rings (SSSR count). The molecule has 11 heteroatoms. The van der Waals surface area contributed by atoms with Crippen molar-refractivity contribution < 1.29 is 32.7 Å². The fourth-order valence-corrected chi connectivity index (χ4v) is 3.60. The molecule has 0 radical (unpaired) electrons. The average molecular weight is 429 g/mol. The number of fused-ring (bicyclic) bond motifs is 1. The Labute approximate surface area is 175 Å². The summed E-state index contributed by atoms with van der Waals surface area (Å²) in [5.74, 6) is -1.57. The summed E-state index contributed by atoms with van der Waals surface area (Å²) in [5, 5.41) is 4.84. The van der Waals surface area contributed by atoms with Crippen molar-refractivity contribution in [2.45, 2.75) is 45.5 Å². The zero-order valence-corrected chi connectivity index (χ0v) is 16.6. The summed E-state index contributed by atoms with van der Waals surface area (Å²) < 4.78 is 14.4. The molecule has 0 saturated carbocycles. The van der Waals surface area contributed by atoms with E-state index in [0.717, 1.165) is 11.1 Å². The second-order valence-electron chi connectivity index (χ2n) is 7.25. The molecule has 1 fully saturated rings. The Morgan fingerprint density at radius 3 is 2.77 bits per heavy atom. The normalized spacial score (nSPS) is 18.0. The molecule has 3 heterocycles. The van der Waals surface area contributed by atoms with Gasteiger partial charge in [-0.15, -0.1) is 0 Å². The molecule has 1 unspecified atom stereocenters.